The van der Waals surface area contributed by atoms with Crippen LogP contribution in [0.2, 0.25) is 0 Å². The monoisotopic (exact) mass is 368 g/mol. The van der Waals surface area contributed by atoms with E-state index in [1.165, 1.54) is 5.56 Å². The molecule has 2 aromatic rings. The van der Waals surface area contributed by atoms with E-state index in [4.69, 9.17) is 4.74 Å². The largest absolute Gasteiger partial charge is 0.497 e. The molecule has 1 unspecified atom stereocenters. The van der Waals surface area contributed by atoms with Gasteiger partial charge in [0.2, 0.25) is 5.91 Å². The molecule has 0 saturated heterocycles. The van der Waals surface area contributed by atoms with Gasteiger partial charge in [-0.05, 0) is 63.5 Å². The first-order chi connectivity index (χ1) is 13.1. The molecule has 0 spiro atoms. The van der Waals surface area contributed by atoms with Crippen LogP contribution < -0.4 is 4.74 Å². The Labute approximate surface area is 163 Å². The van der Waals surface area contributed by atoms with E-state index in [2.05, 4.69) is 17.0 Å². The highest BCUT2D eigenvalue weighted by Gasteiger charge is 2.27. The number of rotatable bonds is 10. The van der Waals surface area contributed by atoms with Gasteiger partial charge in [-0.25, -0.2) is 0 Å². The van der Waals surface area contributed by atoms with Crippen LogP contribution in [-0.4, -0.2) is 49.5 Å². The van der Waals surface area contributed by atoms with Gasteiger partial charge in [-0.2, -0.15) is 0 Å². The van der Waals surface area contributed by atoms with E-state index in [1.807, 2.05) is 68.3 Å². The fraction of sp³-hybridized carbons (Fsp3) is 0.435. The molecular formula is C23H32N2O2. The second-order valence-corrected chi connectivity index (χ2v) is 6.76. The van der Waals surface area contributed by atoms with Crippen molar-refractivity contribution >= 4 is 5.91 Å². The average molecular weight is 369 g/mol. The Morgan fingerprint density at radius 1 is 1.00 bits per heavy atom. The van der Waals surface area contributed by atoms with Gasteiger partial charge in [0.25, 0.3) is 0 Å². The Morgan fingerprint density at radius 3 is 2.19 bits per heavy atom. The molecule has 4 heteroatoms. The predicted molar refractivity (Wildman–Crippen MR) is 111 cm³/mol. The summed E-state index contributed by atoms with van der Waals surface area (Å²) in [4.78, 5) is 17.2. The SMILES string of the molecule is CCN(CC)C(=O)C(c1ccccc1)N(C)CCCc1ccc(OC)cc1. The number of carbonyl (C=O) groups is 1. The molecular weight excluding hydrogens is 336 g/mol. The normalized spacial score (nSPS) is 12.0. The van der Waals surface area contributed by atoms with Crippen molar-refractivity contribution in [2.24, 2.45) is 0 Å². The zero-order chi connectivity index (χ0) is 19.6. The van der Waals surface area contributed by atoms with E-state index in [9.17, 15) is 4.79 Å². The molecule has 146 valence electrons. The molecule has 1 amide bonds. The summed E-state index contributed by atoms with van der Waals surface area (Å²) in [7, 11) is 3.73. The molecule has 27 heavy (non-hydrogen) atoms. The lowest BCUT2D eigenvalue weighted by atomic mass is 10.0. The van der Waals surface area contributed by atoms with Gasteiger partial charge >= 0.3 is 0 Å². The van der Waals surface area contributed by atoms with Crippen LogP contribution in [0.25, 0.3) is 0 Å². The summed E-state index contributed by atoms with van der Waals surface area (Å²) in [5, 5.41) is 0. The summed E-state index contributed by atoms with van der Waals surface area (Å²) in [6.45, 7) is 6.40. The molecule has 4 nitrogen and oxygen atoms in total. The molecule has 0 heterocycles. The topological polar surface area (TPSA) is 32.8 Å². The van der Waals surface area contributed by atoms with Crippen LogP contribution in [-0.2, 0) is 11.2 Å². The van der Waals surface area contributed by atoms with Crippen LogP contribution >= 0.6 is 0 Å². The molecule has 0 N–H and O–H groups in total. The number of hydrogen-bond acceptors (Lipinski definition) is 3. The number of amides is 1. The first-order valence-corrected chi connectivity index (χ1v) is 9.77. The summed E-state index contributed by atoms with van der Waals surface area (Å²) in [5.74, 6) is 1.06. The molecule has 1 atom stereocenters. The Kier molecular flexibility index (Phi) is 8.34. The molecule has 0 aliphatic heterocycles. The maximum absolute atomic E-state index is 13.1. The van der Waals surface area contributed by atoms with Crippen molar-refractivity contribution in [1.29, 1.82) is 0 Å². The highest BCUT2D eigenvalue weighted by atomic mass is 16.5. The van der Waals surface area contributed by atoms with Crippen LogP contribution in [0.15, 0.2) is 54.6 Å². The van der Waals surface area contributed by atoms with Crippen molar-refractivity contribution in [3.8, 4) is 5.75 Å². The number of methoxy groups -OCH3 is 1. The van der Waals surface area contributed by atoms with Crippen LogP contribution in [0.3, 0.4) is 0 Å². The lowest BCUT2D eigenvalue weighted by Gasteiger charge is -2.32. The van der Waals surface area contributed by atoms with E-state index in [0.717, 1.165) is 43.8 Å². The second-order valence-electron chi connectivity index (χ2n) is 6.76. The van der Waals surface area contributed by atoms with Crippen LogP contribution in [0.1, 0.15) is 37.4 Å². The van der Waals surface area contributed by atoms with Gasteiger partial charge in [-0.1, -0.05) is 42.5 Å². The number of carbonyl (C=O) groups excluding carboxylic acids is 1. The first-order valence-electron chi connectivity index (χ1n) is 9.77. The zero-order valence-corrected chi connectivity index (χ0v) is 17.0. The van der Waals surface area contributed by atoms with E-state index in [1.54, 1.807) is 7.11 Å². The van der Waals surface area contributed by atoms with Gasteiger partial charge < -0.3 is 9.64 Å². The smallest absolute Gasteiger partial charge is 0.244 e. The number of hydrogen-bond donors (Lipinski definition) is 0. The molecule has 0 fully saturated rings. The summed E-state index contributed by atoms with van der Waals surface area (Å²) in [6.07, 6.45) is 1.98. The van der Waals surface area contributed by atoms with Gasteiger partial charge in [0.15, 0.2) is 0 Å². The highest BCUT2D eigenvalue weighted by Crippen LogP contribution is 2.23. The predicted octanol–water partition coefficient (Wildman–Crippen LogP) is 4.17. The summed E-state index contributed by atoms with van der Waals surface area (Å²) in [6, 6.07) is 18.1. The van der Waals surface area contributed by atoms with Crippen molar-refractivity contribution in [2.75, 3.05) is 33.8 Å². The Morgan fingerprint density at radius 2 is 1.63 bits per heavy atom. The van der Waals surface area contributed by atoms with Crippen molar-refractivity contribution in [1.82, 2.24) is 9.80 Å². The van der Waals surface area contributed by atoms with Crippen LogP contribution in [0, 0.1) is 0 Å². The molecule has 2 rings (SSSR count). The van der Waals surface area contributed by atoms with Gasteiger partial charge in [-0.15, -0.1) is 0 Å². The fourth-order valence-electron chi connectivity index (χ4n) is 3.38. The average Bonchev–Trinajstić information content (AvgIpc) is 2.70. The van der Waals surface area contributed by atoms with E-state index >= 15 is 0 Å². The molecule has 0 aliphatic carbocycles. The molecule has 0 aliphatic rings. The zero-order valence-electron chi connectivity index (χ0n) is 17.0. The van der Waals surface area contributed by atoms with Gasteiger partial charge in [0.1, 0.15) is 11.8 Å². The summed E-state index contributed by atoms with van der Waals surface area (Å²) < 4.78 is 5.21. The van der Waals surface area contributed by atoms with Crippen molar-refractivity contribution < 1.29 is 9.53 Å². The maximum Gasteiger partial charge on any atom is 0.244 e. The number of nitrogens with zero attached hydrogens (tertiary/aromatic N) is 2. The third-order valence-electron chi connectivity index (χ3n) is 5.00. The van der Waals surface area contributed by atoms with E-state index < -0.39 is 0 Å². The first kappa shape index (κ1) is 21.0. The molecule has 2 aromatic carbocycles. The lowest BCUT2D eigenvalue weighted by molar-refractivity contribution is -0.136. The van der Waals surface area contributed by atoms with Crippen LogP contribution in [0.5, 0.6) is 5.75 Å². The summed E-state index contributed by atoms with van der Waals surface area (Å²) in [5.41, 5.74) is 2.34. The van der Waals surface area contributed by atoms with Crippen molar-refractivity contribution in [2.45, 2.75) is 32.7 Å². The molecule has 0 bridgehead atoms. The quantitative estimate of drug-likeness (QED) is 0.631. The van der Waals surface area contributed by atoms with Gasteiger partial charge in [-0.3, -0.25) is 9.69 Å². The lowest BCUT2D eigenvalue weighted by Crippen LogP contribution is -2.42. The highest BCUT2D eigenvalue weighted by molar-refractivity contribution is 5.83. The minimum Gasteiger partial charge on any atom is -0.497 e. The van der Waals surface area contributed by atoms with Gasteiger partial charge in [0, 0.05) is 13.1 Å². The standard InChI is InChI=1S/C23H32N2O2/c1-5-25(6-2)23(26)22(20-12-8-7-9-13-20)24(3)18-10-11-19-14-16-21(27-4)17-15-19/h7-9,12-17,22H,5-6,10-11,18H2,1-4H3. The number of likely N-dealkylation sites (N-methyl/N-ethyl adjacent to an activating group) is 2. The fourth-order valence-corrected chi connectivity index (χ4v) is 3.38. The Hall–Kier alpha value is -2.33. The number of ether oxygens (including phenoxy) is 1. The van der Waals surface area contributed by atoms with Crippen molar-refractivity contribution in [3.63, 3.8) is 0 Å². The molecule has 0 radical (unpaired) electrons. The van der Waals surface area contributed by atoms with Crippen LogP contribution in [0.4, 0.5) is 0 Å². The molecule has 0 saturated carbocycles. The Bertz CT molecular complexity index is 681. The second kappa shape index (κ2) is 10.7. The number of aryl methyl sites for hydroxylation is 1. The Balaban J connectivity index is 2.04. The maximum atomic E-state index is 13.1. The third-order valence-corrected chi connectivity index (χ3v) is 5.00. The van der Waals surface area contributed by atoms with E-state index in [-0.39, 0.29) is 11.9 Å². The molecule has 0 aromatic heterocycles. The third kappa shape index (κ3) is 5.83. The number of benzene rings is 2. The van der Waals surface area contributed by atoms with E-state index in [0.29, 0.717) is 0 Å². The minimum absolute atomic E-state index is 0.179. The minimum atomic E-state index is -0.234. The van der Waals surface area contributed by atoms with Crippen molar-refractivity contribution in [3.05, 3.63) is 65.7 Å². The summed E-state index contributed by atoms with van der Waals surface area (Å²) >= 11 is 0. The van der Waals surface area contributed by atoms with Gasteiger partial charge in [0.05, 0.1) is 7.11 Å².